The summed E-state index contributed by atoms with van der Waals surface area (Å²) >= 11 is 0. The van der Waals surface area contributed by atoms with Gasteiger partial charge in [-0.2, -0.15) is 0 Å². The molecule has 3 unspecified atom stereocenters. The molecule has 0 fully saturated rings. The fourth-order valence-corrected chi connectivity index (χ4v) is 7.67. The van der Waals surface area contributed by atoms with E-state index in [0.717, 1.165) is 103 Å². The van der Waals surface area contributed by atoms with E-state index in [1.54, 1.807) is 0 Å². The Kier molecular flexibility index (Phi) is 40.7. The number of aliphatic hydroxyl groups is 2. The van der Waals surface area contributed by atoms with Crippen molar-refractivity contribution in [1.29, 1.82) is 0 Å². The number of allylic oxidation sites excluding steroid dienone is 1. The van der Waals surface area contributed by atoms with Crippen molar-refractivity contribution in [2.45, 2.75) is 239 Å². The average molecular weight is 766 g/mol. The van der Waals surface area contributed by atoms with Crippen LogP contribution in [0.3, 0.4) is 0 Å². The first-order valence-electron chi connectivity index (χ1n) is 23.9. The van der Waals surface area contributed by atoms with Gasteiger partial charge in [-0.05, 0) is 64.5 Å². The number of carbonyl (C=O) groups is 1. The van der Waals surface area contributed by atoms with Crippen molar-refractivity contribution in [2.24, 2.45) is 11.8 Å². The zero-order chi connectivity index (χ0) is 39.7. The summed E-state index contributed by atoms with van der Waals surface area (Å²) in [7, 11) is 0. The number of hydrogen-bond donors (Lipinski definition) is 2. The molecule has 0 heterocycles. The Morgan fingerprint density at radius 1 is 0.500 bits per heavy atom. The number of rotatable bonds is 44. The number of ether oxygens (including phenoxy) is 2. The Labute approximate surface area is 337 Å². The van der Waals surface area contributed by atoms with E-state index in [4.69, 9.17) is 9.47 Å². The lowest BCUT2D eigenvalue weighted by atomic mass is 9.93. The minimum Gasteiger partial charge on any atom is -0.498 e. The second kappa shape index (κ2) is 41.5. The molecule has 322 valence electrons. The second-order valence-corrected chi connectivity index (χ2v) is 16.7. The van der Waals surface area contributed by atoms with E-state index in [1.165, 1.54) is 128 Å². The molecular weight excluding hydrogens is 671 g/mol. The fourth-order valence-electron chi connectivity index (χ4n) is 7.67. The van der Waals surface area contributed by atoms with Crippen LogP contribution in [-0.2, 0) is 14.3 Å². The molecule has 0 amide bonds. The molecule has 0 aromatic heterocycles. The van der Waals surface area contributed by atoms with Gasteiger partial charge in [-0.25, -0.2) is 0 Å². The molecule has 0 spiro atoms. The Balaban J connectivity index is 4.38. The molecule has 54 heavy (non-hydrogen) atoms. The van der Waals surface area contributed by atoms with E-state index in [0.29, 0.717) is 19.1 Å². The van der Waals surface area contributed by atoms with Gasteiger partial charge in [0.25, 0.3) is 0 Å². The maximum absolute atomic E-state index is 13.0. The maximum atomic E-state index is 13.0. The second-order valence-electron chi connectivity index (χ2n) is 16.7. The first-order chi connectivity index (χ1) is 26.4. The molecule has 6 heteroatoms. The van der Waals surface area contributed by atoms with Gasteiger partial charge in [0, 0.05) is 12.5 Å². The first kappa shape index (κ1) is 52.9. The van der Waals surface area contributed by atoms with Crippen LogP contribution in [0, 0.1) is 11.8 Å². The minimum absolute atomic E-state index is 0.0335. The number of carbonyl (C=O) groups excluding carboxylic acids is 1. The summed E-state index contributed by atoms with van der Waals surface area (Å²) in [5, 5.41) is 19.6. The van der Waals surface area contributed by atoms with Crippen LogP contribution in [0.2, 0.25) is 0 Å². The van der Waals surface area contributed by atoms with Crippen LogP contribution in [0.15, 0.2) is 12.3 Å². The van der Waals surface area contributed by atoms with Crippen molar-refractivity contribution in [1.82, 2.24) is 4.90 Å². The lowest BCUT2D eigenvalue weighted by molar-refractivity contribution is -0.149. The first-order valence-corrected chi connectivity index (χ1v) is 23.9. The van der Waals surface area contributed by atoms with Crippen molar-refractivity contribution in [3.8, 4) is 0 Å². The Hall–Kier alpha value is -1.11. The molecule has 0 bridgehead atoms. The van der Waals surface area contributed by atoms with Gasteiger partial charge in [0.1, 0.15) is 0 Å². The summed E-state index contributed by atoms with van der Waals surface area (Å²) in [6.07, 6.45) is 37.8. The smallest absolute Gasteiger partial charge is 0.308 e. The molecule has 3 atom stereocenters. The fraction of sp³-hybridized carbons (Fsp3) is 0.938. The van der Waals surface area contributed by atoms with Crippen molar-refractivity contribution >= 4 is 5.97 Å². The maximum Gasteiger partial charge on any atom is 0.308 e. The number of aliphatic hydroxyl groups excluding tert-OH is 2. The molecule has 0 radical (unpaired) electrons. The highest BCUT2D eigenvalue weighted by atomic mass is 16.5. The van der Waals surface area contributed by atoms with Crippen molar-refractivity contribution in [2.75, 3.05) is 39.5 Å². The van der Waals surface area contributed by atoms with E-state index in [-0.39, 0.29) is 18.5 Å². The van der Waals surface area contributed by atoms with Crippen molar-refractivity contribution in [3.63, 3.8) is 0 Å². The van der Waals surface area contributed by atoms with Crippen LogP contribution in [0.25, 0.3) is 0 Å². The quantitative estimate of drug-likeness (QED) is 0.0365. The minimum atomic E-state index is -0.693. The van der Waals surface area contributed by atoms with E-state index in [9.17, 15) is 15.0 Å². The third-order valence-electron chi connectivity index (χ3n) is 11.4. The van der Waals surface area contributed by atoms with Gasteiger partial charge in [0.15, 0.2) is 0 Å². The molecular formula is C48H95NO5. The Bertz CT molecular complexity index is 733. The van der Waals surface area contributed by atoms with Gasteiger partial charge < -0.3 is 24.6 Å². The Morgan fingerprint density at radius 3 is 1.30 bits per heavy atom. The van der Waals surface area contributed by atoms with Gasteiger partial charge in [-0.3, -0.25) is 4.79 Å². The lowest BCUT2D eigenvalue weighted by Crippen LogP contribution is -2.35. The van der Waals surface area contributed by atoms with E-state index in [1.807, 2.05) is 0 Å². The molecule has 0 aromatic carbocycles. The van der Waals surface area contributed by atoms with Crippen LogP contribution < -0.4 is 0 Å². The molecule has 0 aliphatic carbocycles. The summed E-state index contributed by atoms with van der Waals surface area (Å²) in [6.45, 7) is 16.9. The van der Waals surface area contributed by atoms with Gasteiger partial charge in [0.05, 0.1) is 37.6 Å². The summed E-state index contributed by atoms with van der Waals surface area (Å²) in [5.74, 6) is 1.63. The number of esters is 1. The summed E-state index contributed by atoms with van der Waals surface area (Å²) in [5.41, 5.74) is 0. The van der Waals surface area contributed by atoms with Gasteiger partial charge in [-0.15, -0.1) is 0 Å². The zero-order valence-electron chi connectivity index (χ0n) is 36.9. The molecule has 0 aliphatic heterocycles. The van der Waals surface area contributed by atoms with Crippen LogP contribution in [0.4, 0.5) is 0 Å². The van der Waals surface area contributed by atoms with Crippen LogP contribution in [-0.4, -0.2) is 66.6 Å². The monoisotopic (exact) mass is 766 g/mol. The highest BCUT2D eigenvalue weighted by molar-refractivity contribution is 5.72. The molecule has 0 saturated heterocycles. The Morgan fingerprint density at radius 2 is 0.852 bits per heavy atom. The summed E-state index contributed by atoms with van der Waals surface area (Å²) < 4.78 is 12.0. The summed E-state index contributed by atoms with van der Waals surface area (Å²) in [4.78, 5) is 15.3. The number of nitrogens with zero attached hydrogens (tertiary/aromatic N) is 1. The SMILES string of the molecule is C=C(OCCCCCCN(CCCCCCOC(=O)C(CCCCCC)CCCCCCCC)CC(O)CO)C(CCCCCC)CCCCCCCC. The van der Waals surface area contributed by atoms with Crippen molar-refractivity contribution < 1.29 is 24.5 Å². The normalized spacial score (nSPS) is 13.3. The molecule has 6 nitrogen and oxygen atoms in total. The third kappa shape index (κ3) is 34.2. The average Bonchev–Trinajstić information content (AvgIpc) is 3.17. The van der Waals surface area contributed by atoms with Gasteiger partial charge >= 0.3 is 5.97 Å². The van der Waals surface area contributed by atoms with E-state index < -0.39 is 6.10 Å². The predicted octanol–water partition coefficient (Wildman–Crippen LogP) is 13.5. The standard InChI is InChI=1S/C48H95NO5/c1-6-10-14-18-20-28-35-45(34-26-16-12-8-3)44(5)53-40-32-24-22-30-38-49(42-47(51)43-50)39-31-23-25-33-41-54-48(52)46(36-27-17-13-9-4)37-29-21-19-15-11-7-2/h45-47,50-51H,5-43H2,1-4H3. The number of hydrogen-bond acceptors (Lipinski definition) is 6. The van der Waals surface area contributed by atoms with Crippen LogP contribution in [0.5, 0.6) is 0 Å². The highest BCUT2D eigenvalue weighted by Crippen LogP contribution is 2.26. The van der Waals surface area contributed by atoms with Crippen LogP contribution in [0.1, 0.15) is 233 Å². The predicted molar refractivity (Wildman–Crippen MR) is 233 cm³/mol. The van der Waals surface area contributed by atoms with Crippen LogP contribution >= 0.6 is 0 Å². The molecule has 0 aliphatic rings. The molecule has 0 aromatic rings. The largest absolute Gasteiger partial charge is 0.498 e. The van der Waals surface area contributed by atoms with Gasteiger partial charge in [0.2, 0.25) is 0 Å². The van der Waals surface area contributed by atoms with E-state index in [2.05, 4.69) is 39.2 Å². The molecule has 0 rings (SSSR count). The molecule has 0 saturated carbocycles. The topological polar surface area (TPSA) is 79.2 Å². The van der Waals surface area contributed by atoms with Gasteiger partial charge in [-0.1, -0.05) is 188 Å². The zero-order valence-corrected chi connectivity index (χ0v) is 36.9. The number of unbranched alkanes of at least 4 members (excludes halogenated alkanes) is 22. The lowest BCUT2D eigenvalue weighted by Gasteiger charge is -2.24. The van der Waals surface area contributed by atoms with E-state index >= 15 is 0 Å². The third-order valence-corrected chi connectivity index (χ3v) is 11.4. The van der Waals surface area contributed by atoms with Crippen molar-refractivity contribution in [3.05, 3.63) is 12.3 Å². The molecule has 2 N–H and O–H groups in total. The summed E-state index contributed by atoms with van der Waals surface area (Å²) in [6, 6.07) is 0. The highest BCUT2D eigenvalue weighted by Gasteiger charge is 2.19.